The molecule has 0 aromatic heterocycles. The molecule has 4 N–H and O–H groups in total. The number of hydrogen-bond donors (Lipinski definition) is 2. The summed E-state index contributed by atoms with van der Waals surface area (Å²) in [5.74, 6) is -1.19. The molecule has 0 amide bonds. The van der Waals surface area contributed by atoms with E-state index in [1.54, 1.807) is 24.3 Å². The fraction of sp³-hybridized carbons (Fsp3) is 0.231. The largest absolute Gasteiger partial charge is 0.323 e. The van der Waals surface area contributed by atoms with E-state index >= 15 is 0 Å². The van der Waals surface area contributed by atoms with E-state index in [0.717, 1.165) is 0 Å². The first kappa shape index (κ1) is 12.0. The molecular weight excluding hydrogens is 222 g/mol. The highest BCUT2D eigenvalue weighted by Gasteiger charge is 2.31. The van der Waals surface area contributed by atoms with Crippen LogP contribution in [-0.2, 0) is 6.42 Å². The van der Waals surface area contributed by atoms with Gasteiger partial charge in [-0.25, -0.2) is 8.78 Å². The summed E-state index contributed by atoms with van der Waals surface area (Å²) < 4.78 is 27.0. The first-order valence-corrected chi connectivity index (χ1v) is 5.36. The molecule has 0 fully saturated rings. The second-order valence-corrected chi connectivity index (χ2v) is 4.26. The van der Waals surface area contributed by atoms with Gasteiger partial charge in [0.1, 0.15) is 11.6 Å². The summed E-state index contributed by atoms with van der Waals surface area (Å²) in [6.45, 7) is 0. The third-order valence-electron chi connectivity index (χ3n) is 3.00. The van der Waals surface area contributed by atoms with Crippen molar-refractivity contribution < 1.29 is 8.78 Å². The van der Waals surface area contributed by atoms with Crippen LogP contribution in [-0.4, -0.2) is 11.6 Å². The highest BCUT2D eigenvalue weighted by Crippen LogP contribution is 2.23. The van der Waals surface area contributed by atoms with Crippen molar-refractivity contribution in [3.63, 3.8) is 0 Å². The third-order valence-corrected chi connectivity index (χ3v) is 3.00. The fourth-order valence-corrected chi connectivity index (χ4v) is 1.89. The molecule has 0 saturated heterocycles. The van der Waals surface area contributed by atoms with Crippen molar-refractivity contribution in [2.75, 3.05) is 0 Å². The first-order valence-electron chi connectivity index (χ1n) is 5.36. The van der Waals surface area contributed by atoms with E-state index < -0.39 is 23.2 Å². The van der Waals surface area contributed by atoms with E-state index in [9.17, 15) is 8.78 Å². The van der Waals surface area contributed by atoms with Crippen LogP contribution < -0.4 is 11.5 Å². The summed E-state index contributed by atoms with van der Waals surface area (Å²) in [6.07, 6.45) is 6.95. The highest BCUT2D eigenvalue weighted by atomic mass is 19.1. The first-order chi connectivity index (χ1) is 8.03. The molecule has 2 nitrogen and oxygen atoms in total. The van der Waals surface area contributed by atoms with E-state index in [1.807, 2.05) is 0 Å². The molecule has 17 heavy (non-hydrogen) atoms. The molecule has 2 rings (SSSR count). The Balaban J connectivity index is 2.32. The van der Waals surface area contributed by atoms with Crippen molar-refractivity contribution in [2.24, 2.45) is 11.5 Å². The normalized spacial score (nSPS) is 27.4. The second kappa shape index (κ2) is 4.39. The van der Waals surface area contributed by atoms with E-state index in [1.165, 1.54) is 18.2 Å². The topological polar surface area (TPSA) is 52.0 Å². The molecule has 0 radical (unpaired) electrons. The van der Waals surface area contributed by atoms with Gasteiger partial charge in [0.05, 0.1) is 5.54 Å². The quantitative estimate of drug-likeness (QED) is 0.820. The Morgan fingerprint density at radius 3 is 2.41 bits per heavy atom. The molecule has 1 aromatic rings. The van der Waals surface area contributed by atoms with Crippen LogP contribution in [0.5, 0.6) is 0 Å². The summed E-state index contributed by atoms with van der Waals surface area (Å²) in [7, 11) is 0. The summed E-state index contributed by atoms with van der Waals surface area (Å²) in [6, 6.07) is 3.31. The van der Waals surface area contributed by atoms with Crippen molar-refractivity contribution in [1.29, 1.82) is 0 Å². The molecule has 1 aliphatic carbocycles. The van der Waals surface area contributed by atoms with Gasteiger partial charge in [-0.2, -0.15) is 0 Å². The lowest BCUT2D eigenvalue weighted by Gasteiger charge is -2.32. The van der Waals surface area contributed by atoms with E-state index in [2.05, 4.69) is 0 Å². The zero-order valence-corrected chi connectivity index (χ0v) is 9.24. The molecule has 0 aliphatic heterocycles. The molecule has 4 heteroatoms. The maximum atomic E-state index is 13.5. The predicted octanol–water partition coefficient (Wildman–Crippen LogP) is 1.66. The number of hydrogen-bond acceptors (Lipinski definition) is 2. The van der Waals surface area contributed by atoms with Gasteiger partial charge in [-0.3, -0.25) is 0 Å². The predicted molar refractivity (Wildman–Crippen MR) is 63.2 cm³/mol. The molecule has 90 valence electrons. The Labute approximate surface area is 98.6 Å². The molecule has 2 atom stereocenters. The average Bonchev–Trinajstić information content (AvgIpc) is 2.28. The Kier molecular flexibility index (Phi) is 3.09. The van der Waals surface area contributed by atoms with Gasteiger partial charge in [-0.05, 0) is 12.1 Å². The van der Waals surface area contributed by atoms with Crippen LogP contribution in [0.2, 0.25) is 0 Å². The Morgan fingerprint density at radius 1 is 1.18 bits per heavy atom. The van der Waals surface area contributed by atoms with Crippen molar-refractivity contribution in [2.45, 2.75) is 18.0 Å². The smallest absolute Gasteiger partial charge is 0.129 e. The van der Waals surface area contributed by atoms with Gasteiger partial charge in [-0.1, -0.05) is 30.4 Å². The Hall–Kier alpha value is -1.52. The lowest BCUT2D eigenvalue weighted by Crippen LogP contribution is -2.55. The number of halogens is 2. The van der Waals surface area contributed by atoms with E-state index in [-0.39, 0.29) is 12.0 Å². The average molecular weight is 236 g/mol. The fourth-order valence-electron chi connectivity index (χ4n) is 1.89. The SMILES string of the molecule is NC1C=CC=CC1(N)Cc1c(F)cccc1F. The van der Waals surface area contributed by atoms with Crippen LogP contribution in [0.1, 0.15) is 5.56 Å². The van der Waals surface area contributed by atoms with Crippen LogP contribution in [0, 0.1) is 11.6 Å². The summed E-state index contributed by atoms with van der Waals surface area (Å²) in [5.41, 5.74) is 11.0. The van der Waals surface area contributed by atoms with Crippen molar-refractivity contribution >= 4 is 0 Å². The third kappa shape index (κ3) is 2.28. The minimum Gasteiger partial charge on any atom is -0.323 e. The maximum Gasteiger partial charge on any atom is 0.129 e. The molecule has 0 heterocycles. The van der Waals surface area contributed by atoms with Gasteiger partial charge in [0.2, 0.25) is 0 Å². The molecule has 1 aromatic carbocycles. The van der Waals surface area contributed by atoms with Crippen LogP contribution in [0.3, 0.4) is 0 Å². The molecule has 0 bridgehead atoms. The minimum absolute atomic E-state index is 0.0228. The summed E-state index contributed by atoms with van der Waals surface area (Å²) >= 11 is 0. The summed E-state index contributed by atoms with van der Waals surface area (Å²) in [5, 5.41) is 0. The monoisotopic (exact) mass is 236 g/mol. The molecule has 1 aliphatic rings. The number of allylic oxidation sites excluding steroid dienone is 2. The van der Waals surface area contributed by atoms with Crippen LogP contribution in [0.15, 0.2) is 42.5 Å². The number of nitrogens with two attached hydrogens (primary N) is 2. The summed E-state index contributed by atoms with van der Waals surface area (Å²) in [4.78, 5) is 0. The zero-order chi connectivity index (χ0) is 12.5. The number of benzene rings is 1. The maximum absolute atomic E-state index is 13.5. The molecule has 2 unspecified atom stereocenters. The zero-order valence-electron chi connectivity index (χ0n) is 9.24. The van der Waals surface area contributed by atoms with Gasteiger partial charge in [-0.15, -0.1) is 0 Å². The van der Waals surface area contributed by atoms with E-state index in [4.69, 9.17) is 11.5 Å². The van der Waals surface area contributed by atoms with Gasteiger partial charge < -0.3 is 11.5 Å². The Bertz CT molecular complexity index is 462. The Morgan fingerprint density at radius 2 is 1.82 bits per heavy atom. The highest BCUT2D eigenvalue weighted by molar-refractivity contribution is 5.32. The number of rotatable bonds is 2. The molecule has 0 spiro atoms. The molecule has 0 saturated carbocycles. The van der Waals surface area contributed by atoms with Crippen LogP contribution in [0.4, 0.5) is 8.78 Å². The molecular formula is C13H14F2N2. The lowest BCUT2D eigenvalue weighted by atomic mass is 9.82. The van der Waals surface area contributed by atoms with Crippen LogP contribution >= 0.6 is 0 Å². The van der Waals surface area contributed by atoms with Crippen LogP contribution in [0.25, 0.3) is 0 Å². The van der Waals surface area contributed by atoms with Gasteiger partial charge >= 0.3 is 0 Å². The van der Waals surface area contributed by atoms with E-state index in [0.29, 0.717) is 0 Å². The van der Waals surface area contributed by atoms with Crippen molar-refractivity contribution in [1.82, 2.24) is 0 Å². The van der Waals surface area contributed by atoms with Gasteiger partial charge in [0.15, 0.2) is 0 Å². The lowest BCUT2D eigenvalue weighted by molar-refractivity contribution is 0.441. The van der Waals surface area contributed by atoms with Crippen molar-refractivity contribution in [3.05, 3.63) is 59.7 Å². The van der Waals surface area contributed by atoms with Crippen molar-refractivity contribution in [3.8, 4) is 0 Å². The minimum atomic E-state index is -0.947. The van der Waals surface area contributed by atoms with Gasteiger partial charge in [0.25, 0.3) is 0 Å². The second-order valence-electron chi connectivity index (χ2n) is 4.26. The van der Waals surface area contributed by atoms with Gasteiger partial charge in [0, 0.05) is 18.0 Å². The standard InChI is InChI=1S/C13H14F2N2/c14-10-4-3-5-11(15)9(10)8-13(17)7-2-1-6-12(13)16/h1-7,12H,8,16-17H2.